The molecule has 0 aromatic heterocycles. The van der Waals surface area contributed by atoms with Gasteiger partial charge in [0.15, 0.2) is 0 Å². The Kier molecular flexibility index (Phi) is 6.36. The highest BCUT2D eigenvalue weighted by atomic mass is 32.2. The second kappa shape index (κ2) is 8.97. The molecule has 0 amide bonds. The summed E-state index contributed by atoms with van der Waals surface area (Å²) in [7, 11) is -4.28. The molecule has 0 heterocycles. The summed E-state index contributed by atoms with van der Waals surface area (Å²) in [5.74, 6) is 0.0910. The minimum Gasteiger partial charge on any atom is -0.423 e. The largest absolute Gasteiger partial charge is 0.423 e. The van der Waals surface area contributed by atoms with Crippen molar-refractivity contribution >= 4 is 21.8 Å². The monoisotopic (exact) mass is 441 g/mol. The Balaban J connectivity index is 1.70. The molecule has 31 heavy (non-hydrogen) atoms. The second-order valence-corrected chi connectivity index (χ2v) is 8.48. The Morgan fingerprint density at radius 3 is 2.13 bits per heavy atom. The predicted octanol–water partition coefficient (Wildman–Crippen LogP) is 4.71. The second-order valence-electron chi connectivity index (χ2n) is 6.93. The summed E-state index contributed by atoms with van der Waals surface area (Å²) >= 11 is 0. The molecule has 0 aliphatic carbocycles. The molecule has 8 nitrogen and oxygen atoms in total. The van der Waals surface area contributed by atoms with Gasteiger partial charge < -0.3 is 8.92 Å². The highest BCUT2D eigenvalue weighted by Gasteiger charge is 2.20. The number of nitrogens with zero attached hydrogens (tertiary/aromatic N) is 1. The number of benzene rings is 3. The van der Waals surface area contributed by atoms with Gasteiger partial charge in [-0.25, -0.2) is 4.79 Å². The fourth-order valence-corrected chi connectivity index (χ4v) is 3.63. The number of nitro groups is 1. The number of hydrogen-bond donors (Lipinski definition) is 0. The zero-order valence-corrected chi connectivity index (χ0v) is 17.5. The molecule has 0 aliphatic rings. The molecular formula is C22H19NO7S. The minimum absolute atomic E-state index is 0.0515. The average molecular weight is 441 g/mol. The van der Waals surface area contributed by atoms with Crippen LogP contribution in [0.4, 0.5) is 5.69 Å². The van der Waals surface area contributed by atoms with E-state index in [1.807, 2.05) is 12.1 Å². The first-order valence-corrected chi connectivity index (χ1v) is 10.7. The molecule has 0 atom stereocenters. The van der Waals surface area contributed by atoms with Gasteiger partial charge in [-0.1, -0.05) is 32.0 Å². The Morgan fingerprint density at radius 2 is 1.55 bits per heavy atom. The molecule has 0 unspecified atom stereocenters. The van der Waals surface area contributed by atoms with Crippen LogP contribution >= 0.6 is 0 Å². The van der Waals surface area contributed by atoms with Crippen molar-refractivity contribution in [3.8, 4) is 11.5 Å². The summed E-state index contributed by atoms with van der Waals surface area (Å²) in [5.41, 5.74) is 0.948. The van der Waals surface area contributed by atoms with Crippen molar-refractivity contribution in [3.63, 3.8) is 0 Å². The molecule has 9 heteroatoms. The van der Waals surface area contributed by atoms with Gasteiger partial charge >= 0.3 is 16.1 Å². The molecule has 3 aromatic rings. The maximum atomic E-state index is 12.4. The summed E-state index contributed by atoms with van der Waals surface area (Å²) < 4.78 is 35.1. The Hall–Kier alpha value is -3.72. The van der Waals surface area contributed by atoms with Gasteiger partial charge in [-0.05, 0) is 53.9 Å². The first kappa shape index (κ1) is 22.0. The summed E-state index contributed by atoms with van der Waals surface area (Å²) in [6.45, 7) is 4.12. The van der Waals surface area contributed by atoms with Crippen LogP contribution in [0.15, 0.2) is 77.7 Å². The zero-order valence-electron chi connectivity index (χ0n) is 16.7. The lowest BCUT2D eigenvalue weighted by atomic mass is 10.0. The third-order valence-corrected chi connectivity index (χ3v) is 5.61. The number of non-ortho nitro benzene ring substituents is 1. The number of nitro benzene ring substituents is 1. The third-order valence-electron chi connectivity index (χ3n) is 4.37. The zero-order chi connectivity index (χ0) is 22.6. The molecule has 0 spiro atoms. The lowest BCUT2D eigenvalue weighted by Crippen LogP contribution is -2.11. The first-order valence-electron chi connectivity index (χ1n) is 9.27. The van der Waals surface area contributed by atoms with Crippen LogP contribution in [0.1, 0.15) is 35.7 Å². The van der Waals surface area contributed by atoms with Crippen LogP contribution in [0.25, 0.3) is 0 Å². The standard InChI is InChI=1S/C22H19NO7S/c1-15(2)16-6-10-19(11-7-16)29-22(24)17-8-12-20(13-9-17)30-31(27,28)21-5-3-4-18(14-21)23(25)26/h3-15H,1-2H3. The number of ether oxygens (including phenoxy) is 1. The van der Waals surface area contributed by atoms with Crippen molar-refractivity contribution < 1.29 is 27.1 Å². The van der Waals surface area contributed by atoms with Crippen molar-refractivity contribution in [1.82, 2.24) is 0 Å². The molecule has 0 bridgehead atoms. The van der Waals surface area contributed by atoms with Gasteiger partial charge in [-0.3, -0.25) is 10.1 Å². The van der Waals surface area contributed by atoms with E-state index < -0.39 is 21.0 Å². The molecule has 0 saturated heterocycles. The maximum Gasteiger partial charge on any atom is 0.343 e. The van der Waals surface area contributed by atoms with Crippen molar-refractivity contribution in [2.24, 2.45) is 0 Å². The minimum atomic E-state index is -4.28. The van der Waals surface area contributed by atoms with E-state index in [1.54, 1.807) is 12.1 Å². The van der Waals surface area contributed by atoms with Gasteiger partial charge in [0, 0.05) is 12.1 Å². The smallest absolute Gasteiger partial charge is 0.343 e. The van der Waals surface area contributed by atoms with Gasteiger partial charge in [-0.15, -0.1) is 0 Å². The summed E-state index contributed by atoms with van der Waals surface area (Å²) in [6, 6.07) is 17.0. The highest BCUT2D eigenvalue weighted by molar-refractivity contribution is 7.87. The molecular weight excluding hydrogens is 422 g/mol. The molecule has 0 radical (unpaired) electrons. The van der Waals surface area contributed by atoms with E-state index in [-0.39, 0.29) is 21.9 Å². The van der Waals surface area contributed by atoms with Gasteiger partial charge in [0.25, 0.3) is 5.69 Å². The van der Waals surface area contributed by atoms with E-state index in [4.69, 9.17) is 8.92 Å². The normalized spacial score (nSPS) is 11.2. The SMILES string of the molecule is CC(C)c1ccc(OC(=O)c2ccc(OS(=O)(=O)c3cccc([N+](=O)[O-])c3)cc2)cc1. The summed E-state index contributed by atoms with van der Waals surface area (Å²) in [6.07, 6.45) is 0. The van der Waals surface area contributed by atoms with E-state index in [9.17, 15) is 23.3 Å². The van der Waals surface area contributed by atoms with Gasteiger partial charge in [0.1, 0.15) is 16.4 Å². The van der Waals surface area contributed by atoms with Crippen molar-refractivity contribution in [2.45, 2.75) is 24.7 Å². The van der Waals surface area contributed by atoms with E-state index >= 15 is 0 Å². The molecule has 0 saturated carbocycles. The van der Waals surface area contributed by atoms with E-state index in [2.05, 4.69) is 13.8 Å². The van der Waals surface area contributed by atoms with Crippen LogP contribution in [0, 0.1) is 10.1 Å². The van der Waals surface area contributed by atoms with E-state index in [1.165, 1.54) is 42.5 Å². The van der Waals surface area contributed by atoms with Crippen LogP contribution in [-0.4, -0.2) is 19.3 Å². The predicted molar refractivity (Wildman–Crippen MR) is 113 cm³/mol. The molecule has 0 aliphatic heterocycles. The van der Waals surface area contributed by atoms with Crippen LogP contribution in [0.3, 0.4) is 0 Å². The number of rotatable bonds is 7. The lowest BCUT2D eigenvalue weighted by molar-refractivity contribution is -0.385. The van der Waals surface area contributed by atoms with E-state index in [0.29, 0.717) is 11.7 Å². The fraction of sp³-hybridized carbons (Fsp3) is 0.136. The van der Waals surface area contributed by atoms with Crippen molar-refractivity contribution in [2.75, 3.05) is 0 Å². The number of hydrogen-bond acceptors (Lipinski definition) is 7. The quantitative estimate of drug-likeness (QED) is 0.172. The third kappa shape index (κ3) is 5.46. The van der Waals surface area contributed by atoms with Crippen LogP contribution < -0.4 is 8.92 Å². The molecule has 0 N–H and O–H groups in total. The number of carbonyl (C=O) groups excluding carboxylic acids is 1. The maximum absolute atomic E-state index is 12.4. The van der Waals surface area contributed by atoms with Crippen molar-refractivity contribution in [1.29, 1.82) is 0 Å². The lowest BCUT2D eigenvalue weighted by Gasteiger charge is -2.09. The molecule has 3 rings (SSSR count). The first-order chi connectivity index (χ1) is 14.7. The van der Waals surface area contributed by atoms with Gasteiger partial charge in [0.2, 0.25) is 0 Å². The van der Waals surface area contributed by atoms with Crippen LogP contribution in [-0.2, 0) is 10.1 Å². The number of carbonyl (C=O) groups is 1. The summed E-state index contributed by atoms with van der Waals surface area (Å²) in [4.78, 5) is 22.1. The molecule has 160 valence electrons. The van der Waals surface area contributed by atoms with Gasteiger partial charge in [0.05, 0.1) is 10.5 Å². The highest BCUT2D eigenvalue weighted by Crippen LogP contribution is 2.23. The topological polar surface area (TPSA) is 113 Å². The Labute approximate surface area is 179 Å². The summed E-state index contributed by atoms with van der Waals surface area (Å²) in [5, 5.41) is 10.8. The van der Waals surface area contributed by atoms with E-state index in [0.717, 1.165) is 11.6 Å². The van der Waals surface area contributed by atoms with Crippen LogP contribution in [0.2, 0.25) is 0 Å². The van der Waals surface area contributed by atoms with Crippen LogP contribution in [0.5, 0.6) is 11.5 Å². The Morgan fingerprint density at radius 1 is 0.935 bits per heavy atom. The molecule has 3 aromatic carbocycles. The fourth-order valence-electron chi connectivity index (χ4n) is 2.66. The van der Waals surface area contributed by atoms with Gasteiger partial charge in [-0.2, -0.15) is 8.42 Å². The average Bonchev–Trinajstić information content (AvgIpc) is 2.74. The number of esters is 1. The Bertz CT molecular complexity index is 1200. The van der Waals surface area contributed by atoms with Crippen molar-refractivity contribution in [3.05, 3.63) is 94.0 Å². The molecule has 0 fully saturated rings.